The number of aromatic nitrogens is 14. The average Bonchev–Trinajstić information content (AvgIpc) is 1.52. The topological polar surface area (TPSA) is 280 Å². The van der Waals surface area contributed by atoms with E-state index in [1.807, 2.05) is 26.8 Å². The van der Waals surface area contributed by atoms with E-state index in [9.17, 15) is 14.4 Å². The predicted octanol–water partition coefficient (Wildman–Crippen LogP) is 17.5. The largest absolute Gasteiger partial charge is 0.324 e. The summed E-state index contributed by atoms with van der Waals surface area (Å²) in [5.41, 5.74) is 8.49. The lowest BCUT2D eigenvalue weighted by Gasteiger charge is -2.13. The Labute approximate surface area is 658 Å². The van der Waals surface area contributed by atoms with Crippen molar-refractivity contribution >= 4 is 69.7 Å². The average molecular weight is 1450 g/mol. The van der Waals surface area contributed by atoms with Gasteiger partial charge in [-0.1, -0.05) is 18.2 Å². The first kappa shape index (κ1) is 47.7. The van der Waals surface area contributed by atoms with E-state index in [-0.39, 0.29) is 141 Å². The van der Waals surface area contributed by atoms with E-state index in [1.165, 1.54) is 86.9 Å². The first-order valence-electron chi connectivity index (χ1n) is 44.8. The molecule has 3 amide bonds. The van der Waals surface area contributed by atoms with Gasteiger partial charge >= 0.3 is 0 Å². The number of hydrogen-bond acceptors (Lipinski definition) is 17. The van der Waals surface area contributed by atoms with Gasteiger partial charge in [-0.3, -0.25) is 29.3 Å². The highest BCUT2D eigenvalue weighted by molar-refractivity contribution is 6.07. The third-order valence-electron chi connectivity index (χ3n) is 15.6. The smallest absolute Gasteiger partial charge is 0.255 e. The lowest BCUT2D eigenvalue weighted by atomic mass is 10.1. The monoisotopic (exact) mass is 1450 g/mol. The van der Waals surface area contributed by atoms with E-state index >= 15 is 0 Å². The van der Waals surface area contributed by atoms with Crippen LogP contribution in [0.4, 0.5) is 52.0 Å². The van der Waals surface area contributed by atoms with Gasteiger partial charge in [0.2, 0.25) is 17.8 Å². The molecule has 15 rings (SSSR count). The molecule has 23 heteroatoms. The van der Waals surface area contributed by atoms with Crippen LogP contribution in [0, 0.1) is 62.2 Å². The van der Waals surface area contributed by atoms with Gasteiger partial charge in [-0.05, 0) is 253 Å². The van der Waals surface area contributed by atoms with Crippen molar-refractivity contribution < 1.29 is 47.3 Å². The Balaban J connectivity index is 0.000000168. The van der Waals surface area contributed by atoms with Crippen LogP contribution in [0.3, 0.4) is 0 Å². The van der Waals surface area contributed by atoms with Crippen LogP contribution in [0.1, 0.15) is 114 Å². The van der Waals surface area contributed by atoms with Crippen molar-refractivity contribution in [1.82, 2.24) is 68.5 Å². The van der Waals surface area contributed by atoms with E-state index in [4.69, 9.17) is 32.9 Å². The second-order valence-electron chi connectivity index (χ2n) is 24.0. The lowest BCUT2D eigenvalue weighted by Crippen LogP contribution is -2.13. The van der Waals surface area contributed by atoms with Crippen molar-refractivity contribution in [3.05, 3.63) is 330 Å². The number of carbonyl (C=O) groups is 3. The number of carbonyl (C=O) groups excluding carboxylic acids is 3. The second kappa shape index (κ2) is 32.9. The van der Waals surface area contributed by atoms with Crippen LogP contribution in [0.2, 0.25) is 0 Å². The molecule has 0 radical (unpaired) electrons. The molecule has 0 saturated heterocycles. The molecule has 0 bridgehead atoms. The van der Waals surface area contributed by atoms with Gasteiger partial charge < -0.3 is 45.6 Å². The van der Waals surface area contributed by atoms with Crippen molar-refractivity contribution in [3.8, 4) is 50.8 Å². The summed E-state index contributed by atoms with van der Waals surface area (Å²) in [6, 6.07) is 32.0. The van der Waals surface area contributed by atoms with Crippen LogP contribution in [0.5, 0.6) is 0 Å². The van der Waals surface area contributed by atoms with Gasteiger partial charge in [0.25, 0.3) is 17.7 Å². The van der Waals surface area contributed by atoms with Gasteiger partial charge in [-0.25, -0.2) is 39.9 Å². The van der Waals surface area contributed by atoms with Crippen molar-refractivity contribution in [1.29, 1.82) is 0 Å². The highest BCUT2D eigenvalue weighted by Gasteiger charge is 2.17. The number of benzene rings is 6. The fraction of sp³-hybridized carbons (Fsp3) is 0.106. The molecule has 9 heterocycles. The minimum Gasteiger partial charge on any atom is -0.324 e. The van der Waals surface area contributed by atoms with E-state index in [0.717, 1.165) is 22.3 Å². The normalized spacial score (nSPS) is 14.1. The van der Waals surface area contributed by atoms with Gasteiger partial charge in [0.15, 0.2) is 0 Å². The first-order valence-corrected chi connectivity index (χ1v) is 32.8. The molecule has 6 N–H and O–H groups in total. The van der Waals surface area contributed by atoms with Crippen molar-refractivity contribution in [2.45, 2.75) is 62.2 Å². The van der Waals surface area contributed by atoms with E-state index in [1.54, 1.807) is 100 Å². The number of anilines is 9. The van der Waals surface area contributed by atoms with Crippen LogP contribution in [-0.2, 0) is 0 Å². The van der Waals surface area contributed by atoms with Gasteiger partial charge in [-0.15, -0.1) is 0 Å². The minimum absolute atomic E-state index is 0.00863. The van der Waals surface area contributed by atoms with E-state index in [2.05, 4.69) is 86.7 Å². The Morgan fingerprint density at radius 2 is 0.741 bits per heavy atom. The van der Waals surface area contributed by atoms with Gasteiger partial charge in [-0.2, -0.15) is 0 Å². The summed E-state index contributed by atoms with van der Waals surface area (Å²) in [7, 11) is 0. The number of rotatable bonds is 18. The molecule has 23 nitrogen and oxygen atoms in total. The minimum atomic E-state index is -2.58. The molecule has 108 heavy (non-hydrogen) atoms. The molecule has 0 saturated carbocycles. The summed E-state index contributed by atoms with van der Waals surface area (Å²) in [4.78, 5) is 84.6. The summed E-state index contributed by atoms with van der Waals surface area (Å²) in [6.45, 7) is 7.20. The SMILES string of the molecule is [2H]c1nc([2H])c(-c2ccnc(Nc3cc(C(=O)Nc4cc(C)cc(-n5c([2H])cc(C)c5[2H])c4)ccc3C([2H])([2H])[2H])n2)c([2H])c1[2H].[2H]c1nc([2H])c(-c2ccnc(Nc3cc(C(=O)Nc4cc(C)cc(-n5c([2H])nc(C)c5[2H])c4)ccc3C([2H])([2H])[2H])n2)c([2H])c1[2H].[2H]c1nc([2H])c(-c2ccnc(Nc3cc(C(=O)Nc4cc(C)cc(-n5c([2H])nc(C)c5[2H])c4)ccc3C)n2)c([2H])c1[2H]. The molecule has 9 aromatic heterocycles. The summed E-state index contributed by atoms with van der Waals surface area (Å²) >= 11 is 0. The number of aryl methyl sites for hydroxylation is 9. The van der Waals surface area contributed by atoms with E-state index in [0.29, 0.717) is 62.3 Å². The summed E-state index contributed by atoms with van der Waals surface area (Å²) in [5.74, 6) is -1.56. The number of imidazole rings is 2. The third kappa shape index (κ3) is 18.5. The predicted molar refractivity (Wildman–Crippen MR) is 424 cm³/mol. The van der Waals surface area contributed by atoms with Crippen LogP contribution < -0.4 is 31.9 Å². The molecular weight excluding hydrogens is 1350 g/mol. The van der Waals surface area contributed by atoms with Gasteiger partial charge in [0.05, 0.1) is 63.0 Å². The molecule has 0 aliphatic rings. The molecule has 15 aromatic rings. The number of pyridine rings is 3. The molecule has 534 valence electrons. The molecule has 0 aliphatic heterocycles. The summed E-state index contributed by atoms with van der Waals surface area (Å²) in [6.07, 6.45) is 1.68. The molecule has 0 atom stereocenters. The van der Waals surface area contributed by atoms with Crippen molar-refractivity contribution in [3.63, 3.8) is 0 Å². The van der Waals surface area contributed by atoms with Crippen LogP contribution >= 0.6 is 0 Å². The lowest BCUT2D eigenvalue weighted by molar-refractivity contribution is 0.101. The van der Waals surface area contributed by atoms with Crippen LogP contribution in [-0.4, -0.2) is 86.2 Å². The molecule has 0 fully saturated rings. The fourth-order valence-electron chi connectivity index (χ4n) is 10.5. The molecule has 0 spiro atoms. The number of hydrogen-bond donors (Lipinski definition) is 6. The summed E-state index contributed by atoms with van der Waals surface area (Å²) in [5, 5.41) is 17.2. The maximum Gasteiger partial charge on any atom is 0.255 e. The Kier molecular flexibility index (Phi) is 14.5. The fourth-order valence-corrected chi connectivity index (χ4v) is 10.5. The zero-order valence-corrected chi connectivity index (χ0v) is 58.4. The first-order chi connectivity index (χ1) is 62.2. The Morgan fingerprint density at radius 1 is 0.380 bits per heavy atom. The third-order valence-corrected chi connectivity index (χ3v) is 15.6. The molecule has 6 aromatic carbocycles. The van der Waals surface area contributed by atoms with Crippen LogP contribution in [0.15, 0.2) is 263 Å². The molecule has 0 aliphatic carbocycles. The number of amides is 3. The Hall–Kier alpha value is -14.5. The van der Waals surface area contributed by atoms with Crippen LogP contribution in [0.25, 0.3) is 50.8 Å². The zero-order valence-electron chi connectivity index (χ0n) is 82.4. The molecular formula is C85H76N20O3. The summed E-state index contributed by atoms with van der Waals surface area (Å²) < 4.78 is 197. The number of nitrogens with one attached hydrogen (secondary N) is 6. The zero-order chi connectivity index (χ0) is 95.9. The maximum atomic E-state index is 13.4. The standard InChI is InChI=1S/C29H26N6O.2C28H25N7O/c1-19-9-12-35(18-19)25-14-20(2)13-24(16-25)32-28(36)22-7-6-21(3)27(15-22)34-29-31-11-8-26(33-29)23-5-4-10-30-17-23;2*1-18-11-23(14-24(12-18)35-16-20(3)31-17-35)32-27(36)21-7-6-19(2)26(13-21)34-28-30-10-8-25(33-28)22-5-4-9-29-15-22/h4-18H,1-3H3,(H,32,36)(H,31,33,34);2*4-17H,1-3H3,(H,32,36)(H,30,33,34)/i3D3,4D,5D,10D,12D,17D,18D;2D3,4D,5D,9D,15D,16D,17D;4D,5D,9D,15D,16D,17D. The van der Waals surface area contributed by atoms with Gasteiger partial charge in [0.1, 0.15) is 2.74 Å². The highest BCUT2D eigenvalue weighted by atomic mass is 16.2. The maximum absolute atomic E-state index is 13.4. The quantitative estimate of drug-likeness (QED) is 0.0466. The Morgan fingerprint density at radius 3 is 1.08 bits per heavy atom. The number of nitrogens with zero attached hydrogens (tertiary/aromatic N) is 14. The molecule has 0 unspecified atom stereocenters. The second-order valence-corrected chi connectivity index (χ2v) is 24.0. The highest BCUT2D eigenvalue weighted by Crippen LogP contribution is 2.30. The van der Waals surface area contributed by atoms with Gasteiger partial charge in [0, 0.05) is 173 Å². The Bertz CT molecular complexity index is 6860. The van der Waals surface area contributed by atoms with Crippen molar-refractivity contribution in [2.75, 3.05) is 31.9 Å². The van der Waals surface area contributed by atoms with E-state index < -0.39 is 86.6 Å². The van der Waals surface area contributed by atoms with Crippen molar-refractivity contribution in [2.24, 2.45) is 0 Å².